The van der Waals surface area contributed by atoms with Crippen molar-refractivity contribution >= 4 is 18.7 Å². The molecule has 1 aromatic heterocycles. The molecule has 1 heterocycles. The summed E-state index contributed by atoms with van der Waals surface area (Å²) in [5, 5.41) is 0.0139. The molecule has 2 aromatic rings. The maximum Gasteiger partial charge on any atom is 0.264 e. The van der Waals surface area contributed by atoms with Gasteiger partial charge >= 0.3 is 0 Å². The van der Waals surface area contributed by atoms with Crippen LogP contribution in [0.25, 0.3) is 18.7 Å². The highest BCUT2D eigenvalue weighted by atomic mass is 19.1. The Morgan fingerprint density at radius 3 is 2.24 bits per heavy atom. The third-order valence-corrected chi connectivity index (χ3v) is 3.29. The van der Waals surface area contributed by atoms with Gasteiger partial charge in [-0.05, 0) is 12.1 Å². The zero-order chi connectivity index (χ0) is 15.6. The first kappa shape index (κ1) is 14.7. The molecule has 0 N–H and O–H groups in total. The molecule has 0 fully saturated rings. The Morgan fingerprint density at radius 1 is 1.10 bits per heavy atom. The smallest absolute Gasteiger partial charge is 0.264 e. The molecule has 1 aromatic carbocycles. The highest BCUT2D eigenvalue weighted by Crippen LogP contribution is 2.07. The second-order valence-corrected chi connectivity index (χ2v) is 4.61. The van der Waals surface area contributed by atoms with E-state index in [1.54, 1.807) is 32.3 Å². The standard InChI is InChI=1S/C16H15FN2O2/c1-11-18(2)15(20)13(16(21)19(11)3)9-6-8-12-7-4-5-10-14(12)17/h4-10H,1H2,2-3H3/b8-6+. The molecule has 0 aliphatic heterocycles. The van der Waals surface area contributed by atoms with E-state index < -0.39 is 11.1 Å². The van der Waals surface area contributed by atoms with Crippen LogP contribution in [-0.4, -0.2) is 9.13 Å². The molecular weight excluding hydrogens is 271 g/mol. The summed E-state index contributed by atoms with van der Waals surface area (Å²) < 4.78 is 16.0. The lowest BCUT2D eigenvalue weighted by molar-refractivity contribution is 0.625. The Balaban J connectivity index is 2.59. The maximum atomic E-state index is 13.5. The van der Waals surface area contributed by atoms with Gasteiger partial charge < -0.3 is 0 Å². The molecule has 2 rings (SSSR count). The molecule has 0 saturated carbocycles. The van der Waals surface area contributed by atoms with Gasteiger partial charge in [-0.3, -0.25) is 18.7 Å². The van der Waals surface area contributed by atoms with Gasteiger partial charge in [0.25, 0.3) is 11.1 Å². The molecule has 0 amide bonds. The molecular formula is C16H15FN2O2. The lowest BCUT2D eigenvalue weighted by Gasteiger charge is -2.03. The van der Waals surface area contributed by atoms with Gasteiger partial charge in [0.05, 0.1) is 0 Å². The van der Waals surface area contributed by atoms with E-state index in [4.69, 9.17) is 0 Å². The topological polar surface area (TPSA) is 44.0 Å². The molecule has 0 unspecified atom stereocenters. The van der Waals surface area contributed by atoms with Crippen LogP contribution >= 0.6 is 0 Å². The van der Waals surface area contributed by atoms with Crippen molar-refractivity contribution in [2.24, 2.45) is 14.1 Å². The summed E-state index contributed by atoms with van der Waals surface area (Å²) in [5.41, 5.74) is -0.154. The van der Waals surface area contributed by atoms with Crippen molar-refractivity contribution in [2.75, 3.05) is 0 Å². The number of aromatic nitrogens is 2. The molecule has 0 aliphatic rings. The normalized spacial score (nSPS) is 11.0. The first-order valence-corrected chi connectivity index (χ1v) is 6.31. The summed E-state index contributed by atoms with van der Waals surface area (Å²) in [7, 11) is 3.09. The molecule has 0 bridgehead atoms. The highest BCUT2D eigenvalue weighted by Gasteiger charge is 2.02. The number of hydrogen-bond acceptors (Lipinski definition) is 2. The molecule has 0 atom stereocenters. The number of nitrogens with zero attached hydrogens (tertiary/aromatic N) is 2. The van der Waals surface area contributed by atoms with E-state index in [0.717, 1.165) is 0 Å². The first-order valence-electron chi connectivity index (χ1n) is 6.31. The van der Waals surface area contributed by atoms with Gasteiger partial charge in [0.15, 0.2) is 0 Å². The monoisotopic (exact) mass is 286 g/mol. The first-order chi connectivity index (χ1) is 9.93. The highest BCUT2D eigenvalue weighted by molar-refractivity contribution is 5.57. The summed E-state index contributed by atoms with van der Waals surface area (Å²) in [6.07, 6.45) is 4.38. The van der Waals surface area contributed by atoms with Crippen LogP contribution in [0.2, 0.25) is 0 Å². The van der Waals surface area contributed by atoms with E-state index in [1.807, 2.05) is 0 Å². The van der Waals surface area contributed by atoms with Gasteiger partial charge in [0, 0.05) is 19.7 Å². The predicted octanol–water partition coefficient (Wildman–Crippen LogP) is 0.127. The number of hydrogen-bond donors (Lipinski definition) is 0. The average Bonchev–Trinajstić information content (AvgIpc) is 2.48. The summed E-state index contributed by atoms with van der Waals surface area (Å²) in [6.45, 7) is 3.67. The van der Waals surface area contributed by atoms with Gasteiger partial charge in [-0.25, -0.2) is 4.39 Å². The molecule has 0 radical (unpaired) electrons. The Hall–Kier alpha value is -2.69. The van der Waals surface area contributed by atoms with E-state index in [-0.39, 0.29) is 11.0 Å². The second-order valence-electron chi connectivity index (χ2n) is 4.61. The lowest BCUT2D eigenvalue weighted by Crippen LogP contribution is -2.56. The Morgan fingerprint density at radius 2 is 1.67 bits per heavy atom. The van der Waals surface area contributed by atoms with Crippen LogP contribution in [0.15, 0.2) is 39.9 Å². The minimum Gasteiger partial charge on any atom is -0.297 e. The fourth-order valence-corrected chi connectivity index (χ4v) is 1.91. The minimum atomic E-state index is -0.429. The molecule has 4 nitrogen and oxygen atoms in total. The minimum absolute atomic E-state index is 0.0139. The summed E-state index contributed by atoms with van der Waals surface area (Å²) in [5.74, 6) is -0.365. The van der Waals surface area contributed by atoms with Crippen molar-refractivity contribution < 1.29 is 4.39 Å². The Labute approximate surface area is 120 Å². The van der Waals surface area contributed by atoms with Gasteiger partial charge in [0.2, 0.25) is 0 Å². The molecule has 0 aliphatic carbocycles. The Bertz CT molecular complexity index is 893. The van der Waals surface area contributed by atoms with Crippen molar-refractivity contribution in [3.63, 3.8) is 0 Å². The van der Waals surface area contributed by atoms with Gasteiger partial charge in [0.1, 0.15) is 16.5 Å². The summed E-state index contributed by atoms with van der Waals surface area (Å²) >= 11 is 0. The SMILES string of the molecule is C=c1n(C)c(=O)c(=C/C=C/c2ccccc2F)c(=O)n1C. The van der Waals surface area contributed by atoms with Crippen LogP contribution < -0.4 is 21.8 Å². The second kappa shape index (κ2) is 5.75. The number of rotatable bonds is 2. The molecule has 5 heteroatoms. The van der Waals surface area contributed by atoms with Gasteiger partial charge in [-0.1, -0.05) is 36.9 Å². The zero-order valence-electron chi connectivity index (χ0n) is 11.8. The number of halogens is 1. The molecule has 0 spiro atoms. The van der Waals surface area contributed by atoms with Crippen molar-refractivity contribution in [1.82, 2.24) is 9.13 Å². The summed E-state index contributed by atoms with van der Waals surface area (Å²) in [6, 6.07) is 6.25. The van der Waals surface area contributed by atoms with Crippen molar-refractivity contribution in [3.8, 4) is 0 Å². The van der Waals surface area contributed by atoms with Crippen LogP contribution in [0.3, 0.4) is 0 Å². The van der Waals surface area contributed by atoms with Crippen molar-refractivity contribution in [1.29, 1.82) is 0 Å². The lowest BCUT2D eigenvalue weighted by atomic mass is 10.2. The van der Waals surface area contributed by atoms with Crippen LogP contribution in [-0.2, 0) is 14.1 Å². The van der Waals surface area contributed by atoms with Crippen molar-refractivity contribution in [3.05, 3.63) is 73.1 Å². The molecule has 0 saturated heterocycles. The van der Waals surface area contributed by atoms with Crippen molar-refractivity contribution in [2.45, 2.75) is 0 Å². The molecule has 108 valence electrons. The predicted molar refractivity (Wildman–Crippen MR) is 81.6 cm³/mol. The third kappa shape index (κ3) is 2.76. The molecule has 21 heavy (non-hydrogen) atoms. The van der Waals surface area contributed by atoms with E-state index in [9.17, 15) is 14.0 Å². The van der Waals surface area contributed by atoms with E-state index in [0.29, 0.717) is 11.0 Å². The number of allylic oxidation sites excluding steroid dienone is 1. The third-order valence-electron chi connectivity index (χ3n) is 3.29. The maximum absolute atomic E-state index is 13.5. The fraction of sp³-hybridized carbons (Fsp3) is 0.125. The van der Waals surface area contributed by atoms with Crippen LogP contribution in [0.4, 0.5) is 4.39 Å². The van der Waals surface area contributed by atoms with Crippen LogP contribution in [0.1, 0.15) is 5.56 Å². The number of benzene rings is 1. The van der Waals surface area contributed by atoms with E-state index >= 15 is 0 Å². The van der Waals surface area contributed by atoms with Gasteiger partial charge in [-0.2, -0.15) is 0 Å². The zero-order valence-corrected chi connectivity index (χ0v) is 11.8. The van der Waals surface area contributed by atoms with E-state index in [2.05, 4.69) is 6.58 Å². The van der Waals surface area contributed by atoms with E-state index in [1.165, 1.54) is 33.4 Å². The largest absolute Gasteiger partial charge is 0.297 e. The quantitative estimate of drug-likeness (QED) is 0.787. The fourth-order valence-electron chi connectivity index (χ4n) is 1.91. The average molecular weight is 286 g/mol. The summed E-state index contributed by atoms with van der Waals surface area (Å²) in [4.78, 5) is 24.1. The van der Waals surface area contributed by atoms with Gasteiger partial charge in [-0.15, -0.1) is 0 Å². The Kier molecular flexibility index (Phi) is 4.03. The van der Waals surface area contributed by atoms with Crippen LogP contribution in [0.5, 0.6) is 0 Å². The van der Waals surface area contributed by atoms with Crippen LogP contribution in [0, 0.1) is 5.82 Å².